The van der Waals surface area contributed by atoms with E-state index in [0.717, 1.165) is 21.0 Å². The van der Waals surface area contributed by atoms with Crippen molar-refractivity contribution in [2.45, 2.75) is 57.1 Å². The van der Waals surface area contributed by atoms with Crippen LogP contribution in [-0.4, -0.2) is 58.0 Å². The summed E-state index contributed by atoms with van der Waals surface area (Å²) >= 11 is 0. The molecule has 0 bridgehead atoms. The first-order chi connectivity index (χ1) is 22.5. The summed E-state index contributed by atoms with van der Waals surface area (Å²) in [5, 5.41) is 3.05. The zero-order valence-electron chi connectivity index (χ0n) is 27.6. The van der Waals surface area contributed by atoms with Gasteiger partial charge < -0.3 is 19.7 Å². The molecule has 4 aromatic carbocycles. The van der Waals surface area contributed by atoms with Gasteiger partial charge in [0, 0.05) is 19.0 Å². The molecule has 0 saturated carbocycles. The van der Waals surface area contributed by atoms with Gasteiger partial charge in [-0.05, 0) is 79.9 Å². The van der Waals surface area contributed by atoms with Crippen molar-refractivity contribution >= 4 is 27.5 Å². The van der Waals surface area contributed by atoms with Crippen molar-refractivity contribution < 1.29 is 27.5 Å². The fourth-order valence-electron chi connectivity index (χ4n) is 5.08. The Morgan fingerprint density at radius 2 is 1.45 bits per heavy atom. The summed E-state index contributed by atoms with van der Waals surface area (Å²) in [6.07, 6.45) is 0.934. The maximum atomic E-state index is 14.6. The van der Waals surface area contributed by atoms with Gasteiger partial charge in [-0.25, -0.2) is 8.42 Å². The van der Waals surface area contributed by atoms with Crippen molar-refractivity contribution in [2.75, 3.05) is 25.1 Å². The Labute approximate surface area is 278 Å². The maximum absolute atomic E-state index is 14.6. The predicted molar refractivity (Wildman–Crippen MR) is 184 cm³/mol. The number of carbonyl (C=O) groups excluding carboxylic acids is 2. The number of hydrogen-bond donors (Lipinski definition) is 1. The average molecular weight is 658 g/mol. The van der Waals surface area contributed by atoms with Crippen LogP contribution in [0.15, 0.2) is 108 Å². The van der Waals surface area contributed by atoms with Gasteiger partial charge in [-0.3, -0.25) is 13.9 Å². The molecule has 248 valence electrons. The van der Waals surface area contributed by atoms with Gasteiger partial charge in [-0.2, -0.15) is 0 Å². The Morgan fingerprint density at radius 1 is 0.809 bits per heavy atom. The van der Waals surface area contributed by atoms with E-state index in [1.807, 2.05) is 63.2 Å². The van der Waals surface area contributed by atoms with E-state index in [1.54, 1.807) is 55.6 Å². The molecule has 10 heteroatoms. The van der Waals surface area contributed by atoms with Crippen molar-refractivity contribution in [1.82, 2.24) is 10.2 Å². The SMILES string of the molecule is CC[C@H](C)NC(=O)[C@H](Cc1ccccc1)N(Cc1cccc(OC)c1)C(=O)CN(c1ccc(C)cc1)S(=O)(=O)c1ccc(OC)cc1. The molecule has 0 aliphatic heterocycles. The van der Waals surface area contributed by atoms with Crippen molar-refractivity contribution in [2.24, 2.45) is 0 Å². The number of ether oxygens (including phenoxy) is 2. The monoisotopic (exact) mass is 657 g/mol. The van der Waals surface area contributed by atoms with Gasteiger partial charge in [0.2, 0.25) is 11.8 Å². The highest BCUT2D eigenvalue weighted by molar-refractivity contribution is 7.92. The van der Waals surface area contributed by atoms with Crippen molar-refractivity contribution in [3.05, 3.63) is 120 Å². The summed E-state index contributed by atoms with van der Waals surface area (Å²) in [6.45, 7) is 5.29. The summed E-state index contributed by atoms with van der Waals surface area (Å²) in [7, 11) is -1.16. The number of rotatable bonds is 15. The lowest BCUT2D eigenvalue weighted by Crippen LogP contribution is -2.54. The maximum Gasteiger partial charge on any atom is 0.264 e. The number of benzene rings is 4. The molecule has 0 aromatic heterocycles. The fraction of sp³-hybridized carbons (Fsp3) is 0.297. The number of methoxy groups -OCH3 is 2. The first-order valence-electron chi connectivity index (χ1n) is 15.6. The van der Waals surface area contributed by atoms with E-state index in [1.165, 1.54) is 24.1 Å². The van der Waals surface area contributed by atoms with Gasteiger partial charge in [-0.1, -0.05) is 67.1 Å². The second-order valence-electron chi connectivity index (χ2n) is 11.4. The lowest BCUT2D eigenvalue weighted by atomic mass is 10.0. The minimum Gasteiger partial charge on any atom is -0.497 e. The van der Waals surface area contributed by atoms with E-state index in [0.29, 0.717) is 23.6 Å². The molecule has 4 aromatic rings. The molecule has 2 amide bonds. The van der Waals surface area contributed by atoms with Crippen LogP contribution in [0.3, 0.4) is 0 Å². The second-order valence-corrected chi connectivity index (χ2v) is 13.3. The first kappa shape index (κ1) is 35.0. The third kappa shape index (κ3) is 9.13. The van der Waals surface area contributed by atoms with Crippen LogP contribution in [0.1, 0.15) is 37.0 Å². The molecule has 1 N–H and O–H groups in total. The Hall–Kier alpha value is -4.83. The Morgan fingerprint density at radius 3 is 2.06 bits per heavy atom. The molecule has 0 fully saturated rings. The van der Waals surface area contributed by atoms with Gasteiger partial charge in [0.1, 0.15) is 24.1 Å². The number of nitrogens with zero attached hydrogens (tertiary/aromatic N) is 2. The molecule has 0 heterocycles. The van der Waals surface area contributed by atoms with Gasteiger partial charge >= 0.3 is 0 Å². The molecule has 4 rings (SSSR count). The molecule has 2 atom stereocenters. The van der Waals surface area contributed by atoms with Gasteiger partial charge in [0.15, 0.2) is 0 Å². The fourth-order valence-corrected chi connectivity index (χ4v) is 6.49. The Balaban J connectivity index is 1.81. The number of anilines is 1. The van der Waals surface area contributed by atoms with Crippen LogP contribution in [0, 0.1) is 6.92 Å². The highest BCUT2D eigenvalue weighted by Gasteiger charge is 2.35. The minimum absolute atomic E-state index is 0.00127. The summed E-state index contributed by atoms with van der Waals surface area (Å²) in [5.41, 5.74) is 2.85. The highest BCUT2D eigenvalue weighted by atomic mass is 32.2. The zero-order chi connectivity index (χ0) is 34.0. The van der Waals surface area contributed by atoms with E-state index >= 15 is 0 Å². The zero-order valence-corrected chi connectivity index (χ0v) is 28.4. The van der Waals surface area contributed by atoms with Crippen molar-refractivity contribution in [3.63, 3.8) is 0 Å². The first-order valence-corrected chi connectivity index (χ1v) is 17.0. The number of amides is 2. The summed E-state index contributed by atoms with van der Waals surface area (Å²) < 4.78 is 40.2. The van der Waals surface area contributed by atoms with Gasteiger partial charge in [0.05, 0.1) is 24.8 Å². The Bertz CT molecular complexity index is 1730. The summed E-state index contributed by atoms with van der Waals surface area (Å²) in [6, 6.07) is 28.6. The number of nitrogens with one attached hydrogen (secondary N) is 1. The molecule has 0 saturated heterocycles. The molecule has 0 spiro atoms. The van der Waals surface area contributed by atoms with Crippen LogP contribution in [0.2, 0.25) is 0 Å². The number of sulfonamides is 1. The van der Waals surface area contributed by atoms with Crippen LogP contribution in [-0.2, 0) is 32.6 Å². The molecular weight excluding hydrogens is 614 g/mol. The summed E-state index contributed by atoms with van der Waals surface area (Å²) in [4.78, 5) is 30.1. The van der Waals surface area contributed by atoms with Crippen molar-refractivity contribution in [3.8, 4) is 11.5 Å². The molecule has 9 nitrogen and oxygen atoms in total. The molecule has 47 heavy (non-hydrogen) atoms. The molecule has 0 unspecified atom stereocenters. The standard InChI is InChI=1S/C37H43N3O6S/c1-6-28(3)38-37(42)35(24-29-11-8-7-9-12-29)39(25-30-13-10-14-33(23-30)46-5)36(41)26-40(31-17-15-27(2)16-18-31)47(43,44)34-21-19-32(45-4)20-22-34/h7-23,28,35H,6,24-26H2,1-5H3,(H,38,42)/t28-,35-/m0/s1. The van der Waals surface area contributed by atoms with Crippen LogP contribution in [0.5, 0.6) is 11.5 Å². The lowest BCUT2D eigenvalue weighted by Gasteiger charge is -2.34. The average Bonchev–Trinajstić information content (AvgIpc) is 3.09. The lowest BCUT2D eigenvalue weighted by molar-refractivity contribution is -0.140. The van der Waals surface area contributed by atoms with Gasteiger partial charge in [0.25, 0.3) is 10.0 Å². The van der Waals surface area contributed by atoms with Crippen LogP contribution in [0.4, 0.5) is 5.69 Å². The van der Waals surface area contributed by atoms with E-state index in [9.17, 15) is 18.0 Å². The second kappa shape index (κ2) is 16.1. The van der Waals surface area contributed by atoms with E-state index in [-0.39, 0.29) is 29.8 Å². The smallest absolute Gasteiger partial charge is 0.264 e. The molecule has 0 aliphatic rings. The van der Waals surface area contributed by atoms with E-state index in [4.69, 9.17) is 9.47 Å². The number of hydrogen-bond acceptors (Lipinski definition) is 6. The minimum atomic E-state index is -4.22. The van der Waals surface area contributed by atoms with E-state index in [2.05, 4.69) is 5.32 Å². The van der Waals surface area contributed by atoms with Crippen LogP contribution < -0.4 is 19.1 Å². The highest BCUT2D eigenvalue weighted by Crippen LogP contribution is 2.27. The van der Waals surface area contributed by atoms with Crippen LogP contribution in [0.25, 0.3) is 0 Å². The third-order valence-corrected chi connectivity index (χ3v) is 9.80. The molecule has 0 radical (unpaired) electrons. The van der Waals surface area contributed by atoms with Gasteiger partial charge in [-0.15, -0.1) is 0 Å². The Kier molecular flexibility index (Phi) is 12.0. The van der Waals surface area contributed by atoms with Crippen LogP contribution >= 0.6 is 0 Å². The summed E-state index contributed by atoms with van der Waals surface area (Å²) in [5.74, 6) is 0.245. The predicted octanol–water partition coefficient (Wildman–Crippen LogP) is 5.76. The number of aryl methyl sites for hydroxylation is 1. The largest absolute Gasteiger partial charge is 0.497 e. The quantitative estimate of drug-likeness (QED) is 0.174. The van der Waals surface area contributed by atoms with Crippen molar-refractivity contribution in [1.29, 1.82) is 0 Å². The third-order valence-electron chi connectivity index (χ3n) is 8.01. The molecular formula is C37H43N3O6S. The topological polar surface area (TPSA) is 105 Å². The number of carbonyl (C=O) groups is 2. The normalized spacial score (nSPS) is 12.4. The van der Waals surface area contributed by atoms with E-state index < -0.39 is 28.5 Å². The molecule has 0 aliphatic carbocycles.